The Hall–Kier alpha value is -2.16. The molecule has 0 saturated heterocycles. The van der Waals surface area contributed by atoms with Gasteiger partial charge in [-0.2, -0.15) is 0 Å². The predicted molar refractivity (Wildman–Crippen MR) is 146 cm³/mol. The molecule has 0 heterocycles. The third-order valence-electron chi connectivity index (χ3n) is 5.84. The molecule has 0 aliphatic carbocycles. The third kappa shape index (κ3) is 21.6. The maximum atomic E-state index is 12.2. The van der Waals surface area contributed by atoms with E-state index < -0.39 is 39.3 Å². The first-order valence-electron chi connectivity index (χ1n) is 14.1. The zero-order valence-corrected chi connectivity index (χ0v) is 24.6. The minimum absolute atomic E-state index is 0.138. The summed E-state index contributed by atoms with van der Waals surface area (Å²) in [4.78, 5) is 47.0. The lowest BCUT2D eigenvalue weighted by Crippen LogP contribution is -2.50. The maximum absolute atomic E-state index is 12.2. The molecule has 0 bridgehead atoms. The molecule has 0 saturated carbocycles. The summed E-state index contributed by atoms with van der Waals surface area (Å²) in [5.74, 6) is -3.04. The Morgan fingerprint density at radius 3 is 1.41 bits per heavy atom. The highest BCUT2D eigenvalue weighted by molar-refractivity contribution is 6.65. The van der Waals surface area contributed by atoms with Gasteiger partial charge in [0, 0.05) is 19.9 Å². The molecule has 0 amide bonds. The summed E-state index contributed by atoms with van der Waals surface area (Å²) in [5.41, 5.74) is 0. The van der Waals surface area contributed by atoms with Crippen LogP contribution in [0, 0.1) is 0 Å². The first kappa shape index (κ1) is 34.8. The van der Waals surface area contributed by atoms with Gasteiger partial charge >= 0.3 is 20.7 Å². The van der Waals surface area contributed by atoms with Crippen molar-refractivity contribution in [1.29, 1.82) is 0 Å². The Bertz CT molecular complexity index is 661. The van der Waals surface area contributed by atoms with Crippen LogP contribution in [0.1, 0.15) is 130 Å². The first-order valence-corrected chi connectivity index (χ1v) is 16.1. The van der Waals surface area contributed by atoms with Gasteiger partial charge in [-0.15, -0.1) is 0 Å². The lowest BCUT2D eigenvalue weighted by molar-refractivity contribution is -0.156. The molecule has 0 fully saturated rings. The van der Waals surface area contributed by atoms with Crippen molar-refractivity contribution < 1.29 is 37.2 Å². The van der Waals surface area contributed by atoms with E-state index >= 15 is 0 Å². The van der Waals surface area contributed by atoms with Gasteiger partial charge in [0.25, 0.3) is 11.9 Å². The zero-order chi connectivity index (χ0) is 27.8. The Morgan fingerprint density at radius 1 is 0.622 bits per heavy atom. The second-order valence-corrected chi connectivity index (χ2v) is 12.0. The summed E-state index contributed by atoms with van der Waals surface area (Å²) in [6, 6.07) is 0.138. The van der Waals surface area contributed by atoms with Crippen molar-refractivity contribution in [1.82, 2.24) is 0 Å². The van der Waals surface area contributed by atoms with Gasteiger partial charge in [0.15, 0.2) is 6.61 Å². The van der Waals surface area contributed by atoms with E-state index in [2.05, 4.69) is 6.92 Å². The number of unbranched alkanes of at least 4 members (excludes halogenated alkanes) is 15. The number of carbonyl (C=O) groups excluding carboxylic acids is 4. The summed E-state index contributed by atoms with van der Waals surface area (Å²) < 4.78 is 20.6. The lowest BCUT2D eigenvalue weighted by Gasteiger charge is -2.26. The molecule has 0 radical (unpaired) electrons. The molecule has 0 aromatic heterocycles. The Balaban J connectivity index is 4.25. The average Bonchev–Trinajstić information content (AvgIpc) is 2.81. The third-order valence-corrected chi connectivity index (χ3v) is 8.54. The van der Waals surface area contributed by atoms with Crippen molar-refractivity contribution in [3.8, 4) is 0 Å². The number of hydrogen-bond acceptors (Lipinski definition) is 8. The number of esters is 1. The monoisotopic (exact) mass is 542 g/mol. The molecule has 0 rings (SSSR count). The van der Waals surface area contributed by atoms with Crippen LogP contribution in [-0.4, -0.2) is 39.3 Å². The van der Waals surface area contributed by atoms with Crippen LogP contribution in [0.3, 0.4) is 0 Å². The molecule has 0 unspecified atom stereocenters. The molecule has 0 spiro atoms. The van der Waals surface area contributed by atoms with E-state index in [0.29, 0.717) is 6.42 Å². The van der Waals surface area contributed by atoms with E-state index in [1.54, 1.807) is 6.92 Å². The largest absolute Gasteiger partial charge is 0.705 e. The van der Waals surface area contributed by atoms with Gasteiger partial charge in [0.1, 0.15) is 0 Å². The topological polar surface area (TPSA) is 105 Å². The summed E-state index contributed by atoms with van der Waals surface area (Å²) in [7, 11) is -3.94. The van der Waals surface area contributed by atoms with Gasteiger partial charge in [-0.3, -0.25) is 9.59 Å². The highest BCUT2D eigenvalue weighted by Crippen LogP contribution is 2.22. The van der Waals surface area contributed by atoms with Crippen molar-refractivity contribution >= 4 is 32.7 Å². The fraction of sp³-hybridized carbons (Fsp3) is 0.786. The van der Waals surface area contributed by atoms with E-state index in [1.165, 1.54) is 97.0 Å². The van der Waals surface area contributed by atoms with E-state index in [0.717, 1.165) is 25.3 Å². The zero-order valence-electron chi connectivity index (χ0n) is 23.6. The van der Waals surface area contributed by atoms with Crippen LogP contribution in [-0.2, 0) is 37.2 Å². The molecule has 0 atom stereocenters. The van der Waals surface area contributed by atoms with Crippen LogP contribution in [0.25, 0.3) is 0 Å². The van der Waals surface area contributed by atoms with Crippen LogP contribution < -0.4 is 0 Å². The maximum Gasteiger partial charge on any atom is 0.705 e. The summed E-state index contributed by atoms with van der Waals surface area (Å²) in [5, 5.41) is 0. The molecule has 0 aromatic carbocycles. The number of hydrogen-bond donors (Lipinski definition) is 0. The van der Waals surface area contributed by atoms with Crippen LogP contribution >= 0.6 is 0 Å². The number of carbonyl (C=O) groups is 4. The normalized spacial score (nSPS) is 11.4. The van der Waals surface area contributed by atoms with E-state index in [-0.39, 0.29) is 6.04 Å². The van der Waals surface area contributed by atoms with Crippen LogP contribution in [0.4, 0.5) is 0 Å². The van der Waals surface area contributed by atoms with Gasteiger partial charge in [-0.25, -0.2) is 9.59 Å². The van der Waals surface area contributed by atoms with Gasteiger partial charge in [0.2, 0.25) is 0 Å². The van der Waals surface area contributed by atoms with Crippen molar-refractivity contribution in [2.45, 2.75) is 136 Å². The van der Waals surface area contributed by atoms with Gasteiger partial charge in [-0.1, -0.05) is 109 Å². The SMILES string of the molecule is CC=CC(=O)OCC(=O)O[Si](CCCCCCCCCCCCCCCCCC)(OC(C)=O)OC(C)=O. The quantitative estimate of drug-likeness (QED) is 0.0589. The minimum Gasteiger partial charge on any atom is -0.455 e. The standard InChI is InChI=1S/C28H50O8Si/c1-5-7-8-9-10-11-12-13-14-15-16-17-18-19-20-21-23-37(34-25(3)29,35-26(4)30)36-28(32)24-33-27(31)22-6-2/h6,22H,5,7-21,23-24H2,1-4H3. The smallest absolute Gasteiger partial charge is 0.455 e. The molecule has 0 N–H and O–H groups in total. The predicted octanol–water partition coefficient (Wildman–Crippen LogP) is 6.98. The van der Waals surface area contributed by atoms with Crippen molar-refractivity contribution in [2.24, 2.45) is 0 Å². The van der Waals surface area contributed by atoms with Crippen LogP contribution in [0.5, 0.6) is 0 Å². The number of allylic oxidation sites excluding steroid dienone is 1. The molecule has 8 nitrogen and oxygen atoms in total. The second-order valence-electron chi connectivity index (χ2n) is 9.51. The van der Waals surface area contributed by atoms with Crippen molar-refractivity contribution in [3.63, 3.8) is 0 Å². The van der Waals surface area contributed by atoms with Crippen LogP contribution in [0.2, 0.25) is 6.04 Å². The average molecular weight is 543 g/mol. The number of rotatable bonds is 23. The molecular weight excluding hydrogens is 492 g/mol. The summed E-state index contributed by atoms with van der Waals surface area (Å²) in [6.45, 7) is 5.55. The molecule has 0 aromatic rings. The number of ether oxygens (including phenoxy) is 1. The highest BCUT2D eigenvalue weighted by Gasteiger charge is 2.51. The molecular formula is C28H50O8Si. The molecule has 37 heavy (non-hydrogen) atoms. The van der Waals surface area contributed by atoms with Gasteiger partial charge < -0.3 is 18.0 Å². The summed E-state index contributed by atoms with van der Waals surface area (Å²) >= 11 is 0. The fourth-order valence-corrected chi connectivity index (χ4v) is 6.46. The van der Waals surface area contributed by atoms with Crippen molar-refractivity contribution in [2.75, 3.05) is 6.61 Å². The molecule has 0 aliphatic rings. The fourth-order valence-electron chi connectivity index (χ4n) is 4.06. The molecule has 0 aliphatic heterocycles. The van der Waals surface area contributed by atoms with Gasteiger partial charge in [-0.05, 0) is 13.3 Å². The van der Waals surface area contributed by atoms with Crippen molar-refractivity contribution in [3.05, 3.63) is 12.2 Å². The van der Waals surface area contributed by atoms with Gasteiger partial charge in [0.05, 0.1) is 6.04 Å². The lowest BCUT2D eigenvalue weighted by atomic mass is 10.0. The van der Waals surface area contributed by atoms with Crippen LogP contribution in [0.15, 0.2) is 12.2 Å². The Labute approximate surface area is 225 Å². The molecule has 214 valence electrons. The summed E-state index contributed by atoms with van der Waals surface area (Å²) in [6.07, 6.45) is 22.0. The van der Waals surface area contributed by atoms with E-state index in [1.807, 2.05) is 0 Å². The van der Waals surface area contributed by atoms with E-state index in [9.17, 15) is 19.2 Å². The Kier molecular flexibility index (Phi) is 21.6. The Morgan fingerprint density at radius 2 is 1.03 bits per heavy atom. The highest BCUT2D eigenvalue weighted by atomic mass is 28.4. The minimum atomic E-state index is -3.94. The first-order chi connectivity index (χ1) is 17.7. The molecule has 9 heteroatoms. The van der Waals surface area contributed by atoms with E-state index in [4.69, 9.17) is 18.0 Å². The second kappa shape index (κ2) is 23.0.